The van der Waals surface area contributed by atoms with Crippen molar-refractivity contribution < 1.29 is 0 Å². The molecule has 0 unspecified atom stereocenters. The molecule has 0 spiro atoms. The molecule has 1 nitrogen and oxygen atoms in total. The van der Waals surface area contributed by atoms with Crippen molar-refractivity contribution in [1.82, 2.24) is 4.98 Å². The summed E-state index contributed by atoms with van der Waals surface area (Å²) in [5.74, 6) is 0. The van der Waals surface area contributed by atoms with Crippen LogP contribution >= 0.6 is 11.6 Å². The van der Waals surface area contributed by atoms with Gasteiger partial charge in [-0.05, 0) is 23.3 Å². The summed E-state index contributed by atoms with van der Waals surface area (Å²) in [5, 5.41) is 1.74. The van der Waals surface area contributed by atoms with Gasteiger partial charge >= 0.3 is 0 Å². The quantitative estimate of drug-likeness (QED) is 0.607. The van der Waals surface area contributed by atoms with Gasteiger partial charge in [-0.15, -0.1) is 0 Å². The maximum atomic E-state index is 6.12. The number of rotatable bonds is 1. The molecule has 82 valence electrons. The van der Waals surface area contributed by atoms with Crippen LogP contribution in [0.25, 0.3) is 22.0 Å². The van der Waals surface area contributed by atoms with Gasteiger partial charge < -0.3 is 0 Å². The standard InChI is InChI=1S/C15H10ClN/c16-14-8-9-17-15-10-12(6-7-13(14)15)11-4-2-1-3-5-11/h1-10H. The lowest BCUT2D eigenvalue weighted by Crippen LogP contribution is -1.82. The molecule has 0 saturated heterocycles. The number of hydrogen-bond acceptors (Lipinski definition) is 1. The molecule has 0 aliphatic heterocycles. The Balaban J connectivity index is 2.21. The minimum absolute atomic E-state index is 0.745. The third-order valence-electron chi connectivity index (χ3n) is 2.80. The first-order valence-electron chi connectivity index (χ1n) is 5.44. The topological polar surface area (TPSA) is 12.9 Å². The monoisotopic (exact) mass is 239 g/mol. The Bertz CT molecular complexity index is 662. The minimum Gasteiger partial charge on any atom is -0.256 e. The van der Waals surface area contributed by atoms with Crippen LogP contribution in [0, 0.1) is 0 Å². The Labute approximate surface area is 105 Å². The van der Waals surface area contributed by atoms with Gasteiger partial charge in [-0.1, -0.05) is 54.1 Å². The smallest absolute Gasteiger partial charge is 0.0723 e. The van der Waals surface area contributed by atoms with Gasteiger partial charge in [0.05, 0.1) is 10.5 Å². The molecular formula is C15H10ClN. The van der Waals surface area contributed by atoms with Gasteiger partial charge in [0.1, 0.15) is 0 Å². The van der Waals surface area contributed by atoms with Crippen LogP contribution in [0.2, 0.25) is 5.02 Å². The van der Waals surface area contributed by atoms with E-state index in [1.165, 1.54) is 5.56 Å². The predicted octanol–water partition coefficient (Wildman–Crippen LogP) is 4.56. The molecule has 0 saturated carbocycles. The predicted molar refractivity (Wildman–Crippen MR) is 72.2 cm³/mol. The van der Waals surface area contributed by atoms with E-state index in [-0.39, 0.29) is 0 Å². The third kappa shape index (κ3) is 1.90. The molecule has 2 heteroatoms. The molecule has 2 aromatic carbocycles. The SMILES string of the molecule is Clc1ccnc2cc(-c3ccccc3)ccc12. The Morgan fingerprint density at radius 3 is 2.47 bits per heavy atom. The summed E-state index contributed by atoms with van der Waals surface area (Å²) in [7, 11) is 0. The highest BCUT2D eigenvalue weighted by Crippen LogP contribution is 2.26. The van der Waals surface area contributed by atoms with Crippen molar-refractivity contribution in [3.05, 3.63) is 65.8 Å². The zero-order valence-corrected chi connectivity index (χ0v) is 9.85. The first-order valence-corrected chi connectivity index (χ1v) is 5.82. The highest BCUT2D eigenvalue weighted by atomic mass is 35.5. The van der Waals surface area contributed by atoms with Crippen molar-refractivity contribution in [3.63, 3.8) is 0 Å². The average Bonchev–Trinajstić information content (AvgIpc) is 2.40. The summed E-state index contributed by atoms with van der Waals surface area (Å²) in [5.41, 5.74) is 3.28. The molecule has 0 atom stereocenters. The maximum absolute atomic E-state index is 6.12. The summed E-state index contributed by atoms with van der Waals surface area (Å²) in [4.78, 5) is 4.34. The molecular weight excluding hydrogens is 230 g/mol. The lowest BCUT2D eigenvalue weighted by atomic mass is 10.0. The number of aromatic nitrogens is 1. The van der Waals surface area contributed by atoms with Crippen LogP contribution in [0.3, 0.4) is 0 Å². The Morgan fingerprint density at radius 1 is 0.824 bits per heavy atom. The second-order valence-corrected chi connectivity index (χ2v) is 4.30. The average molecular weight is 240 g/mol. The maximum Gasteiger partial charge on any atom is 0.0723 e. The van der Waals surface area contributed by atoms with E-state index in [0.717, 1.165) is 21.5 Å². The van der Waals surface area contributed by atoms with Crippen molar-refractivity contribution in [3.8, 4) is 11.1 Å². The molecule has 17 heavy (non-hydrogen) atoms. The Morgan fingerprint density at radius 2 is 1.65 bits per heavy atom. The van der Waals surface area contributed by atoms with E-state index < -0.39 is 0 Å². The number of pyridine rings is 1. The third-order valence-corrected chi connectivity index (χ3v) is 3.13. The molecule has 0 bridgehead atoms. The zero-order valence-electron chi connectivity index (χ0n) is 9.10. The van der Waals surface area contributed by atoms with Crippen LogP contribution in [0.4, 0.5) is 0 Å². The summed E-state index contributed by atoms with van der Waals surface area (Å²) in [6, 6.07) is 18.2. The van der Waals surface area contributed by atoms with Gasteiger partial charge in [0.2, 0.25) is 0 Å². The summed E-state index contributed by atoms with van der Waals surface area (Å²) in [6.07, 6.45) is 1.74. The number of benzene rings is 2. The van der Waals surface area contributed by atoms with Crippen LogP contribution in [-0.2, 0) is 0 Å². The first-order chi connectivity index (χ1) is 8.34. The lowest BCUT2D eigenvalue weighted by molar-refractivity contribution is 1.41. The van der Waals surface area contributed by atoms with Gasteiger partial charge in [-0.3, -0.25) is 4.98 Å². The van der Waals surface area contributed by atoms with Crippen molar-refractivity contribution >= 4 is 22.5 Å². The summed E-state index contributed by atoms with van der Waals surface area (Å²) < 4.78 is 0. The second kappa shape index (κ2) is 4.19. The van der Waals surface area contributed by atoms with Crippen molar-refractivity contribution in [1.29, 1.82) is 0 Å². The molecule has 0 aliphatic rings. The van der Waals surface area contributed by atoms with Crippen molar-refractivity contribution in [2.75, 3.05) is 0 Å². The van der Waals surface area contributed by atoms with Gasteiger partial charge in [0.25, 0.3) is 0 Å². The van der Waals surface area contributed by atoms with Gasteiger partial charge in [0.15, 0.2) is 0 Å². The molecule has 0 fully saturated rings. The van der Waals surface area contributed by atoms with Gasteiger partial charge in [-0.25, -0.2) is 0 Å². The highest BCUT2D eigenvalue weighted by molar-refractivity contribution is 6.35. The molecule has 0 radical (unpaired) electrons. The van der Waals surface area contributed by atoms with Crippen LogP contribution < -0.4 is 0 Å². The van der Waals surface area contributed by atoms with Crippen LogP contribution in [0.15, 0.2) is 60.8 Å². The number of fused-ring (bicyclic) bond motifs is 1. The van der Waals surface area contributed by atoms with Crippen molar-refractivity contribution in [2.45, 2.75) is 0 Å². The fourth-order valence-corrected chi connectivity index (χ4v) is 2.14. The van der Waals surface area contributed by atoms with E-state index in [1.54, 1.807) is 6.20 Å². The number of nitrogens with zero attached hydrogens (tertiary/aromatic N) is 1. The molecule has 3 rings (SSSR count). The zero-order chi connectivity index (χ0) is 11.7. The fourth-order valence-electron chi connectivity index (χ4n) is 1.92. The largest absolute Gasteiger partial charge is 0.256 e. The lowest BCUT2D eigenvalue weighted by Gasteiger charge is -2.04. The molecule has 0 amide bonds. The summed E-state index contributed by atoms with van der Waals surface area (Å²) in [6.45, 7) is 0. The molecule has 0 N–H and O–H groups in total. The van der Waals surface area contributed by atoms with Crippen LogP contribution in [-0.4, -0.2) is 4.98 Å². The number of halogens is 1. The van der Waals surface area contributed by atoms with E-state index in [0.29, 0.717) is 0 Å². The molecule has 3 aromatic rings. The van der Waals surface area contributed by atoms with Crippen LogP contribution in [0.1, 0.15) is 0 Å². The second-order valence-electron chi connectivity index (χ2n) is 3.89. The van der Waals surface area contributed by atoms with Crippen molar-refractivity contribution in [2.24, 2.45) is 0 Å². The van der Waals surface area contributed by atoms with Gasteiger partial charge in [-0.2, -0.15) is 0 Å². The van der Waals surface area contributed by atoms with E-state index in [2.05, 4.69) is 29.2 Å². The molecule has 1 aromatic heterocycles. The van der Waals surface area contributed by atoms with E-state index in [4.69, 9.17) is 11.6 Å². The van der Waals surface area contributed by atoms with E-state index in [9.17, 15) is 0 Å². The van der Waals surface area contributed by atoms with E-state index >= 15 is 0 Å². The Kier molecular flexibility index (Phi) is 2.54. The fraction of sp³-hybridized carbons (Fsp3) is 0. The van der Waals surface area contributed by atoms with E-state index in [1.807, 2.05) is 30.3 Å². The highest BCUT2D eigenvalue weighted by Gasteiger charge is 2.02. The summed E-state index contributed by atoms with van der Waals surface area (Å²) >= 11 is 6.12. The first kappa shape index (κ1) is 10.3. The number of hydrogen-bond donors (Lipinski definition) is 0. The molecule has 1 heterocycles. The Hall–Kier alpha value is -1.86. The minimum atomic E-state index is 0.745. The van der Waals surface area contributed by atoms with Crippen LogP contribution in [0.5, 0.6) is 0 Å². The molecule has 0 aliphatic carbocycles. The van der Waals surface area contributed by atoms with Gasteiger partial charge in [0, 0.05) is 11.6 Å². The normalized spacial score (nSPS) is 10.6.